The topological polar surface area (TPSA) is 15.3 Å². The van der Waals surface area contributed by atoms with E-state index in [0.717, 1.165) is 24.4 Å². The molecule has 1 saturated heterocycles. The van der Waals surface area contributed by atoms with Gasteiger partial charge in [-0.05, 0) is 49.8 Å². The summed E-state index contributed by atoms with van der Waals surface area (Å²) in [5, 5.41) is 3.50. The van der Waals surface area contributed by atoms with E-state index in [0.29, 0.717) is 6.04 Å². The lowest BCUT2D eigenvalue weighted by Gasteiger charge is -2.27. The van der Waals surface area contributed by atoms with E-state index < -0.39 is 0 Å². The normalized spacial score (nSPS) is 24.7. The predicted octanol–water partition coefficient (Wildman–Crippen LogP) is 3.88. The lowest BCUT2D eigenvalue weighted by Crippen LogP contribution is -2.36. The van der Waals surface area contributed by atoms with Crippen molar-refractivity contribution in [2.45, 2.75) is 52.6 Å². The molecule has 0 radical (unpaired) electrons. The highest BCUT2D eigenvalue weighted by atomic mass is 15.2. The fourth-order valence-corrected chi connectivity index (χ4v) is 3.60. The van der Waals surface area contributed by atoms with E-state index >= 15 is 0 Å². The van der Waals surface area contributed by atoms with Crippen molar-refractivity contribution in [3.05, 3.63) is 35.4 Å². The van der Waals surface area contributed by atoms with Crippen molar-refractivity contribution in [3.8, 4) is 0 Å². The van der Waals surface area contributed by atoms with Crippen LogP contribution in [0.1, 0.15) is 51.3 Å². The second-order valence-electron chi connectivity index (χ2n) is 7.32. The number of hydrogen-bond donors (Lipinski definition) is 1. The standard InChI is InChI=1S/C19H32N2/c1-14(2)10-17-6-8-18(9-7-17)19(20-5)13-21-12-15(3)11-16(21)4/h6-9,14-16,19-20H,10-13H2,1-5H3. The lowest BCUT2D eigenvalue weighted by molar-refractivity contribution is 0.238. The maximum atomic E-state index is 3.50. The van der Waals surface area contributed by atoms with Crippen LogP contribution in [0.3, 0.4) is 0 Å². The Hall–Kier alpha value is -0.860. The summed E-state index contributed by atoms with van der Waals surface area (Å²) in [6, 6.07) is 10.4. The van der Waals surface area contributed by atoms with Crippen LogP contribution >= 0.6 is 0 Å². The number of nitrogens with zero attached hydrogens (tertiary/aromatic N) is 1. The molecule has 118 valence electrons. The van der Waals surface area contributed by atoms with Crippen molar-refractivity contribution in [2.24, 2.45) is 11.8 Å². The molecule has 0 spiro atoms. The number of likely N-dealkylation sites (tertiary alicyclic amines) is 1. The monoisotopic (exact) mass is 288 g/mol. The van der Waals surface area contributed by atoms with Crippen molar-refractivity contribution in [1.29, 1.82) is 0 Å². The van der Waals surface area contributed by atoms with E-state index in [-0.39, 0.29) is 0 Å². The van der Waals surface area contributed by atoms with Crippen LogP contribution in [-0.4, -0.2) is 31.1 Å². The van der Waals surface area contributed by atoms with Crippen molar-refractivity contribution in [1.82, 2.24) is 10.2 Å². The lowest BCUT2D eigenvalue weighted by atomic mass is 9.99. The van der Waals surface area contributed by atoms with Gasteiger partial charge in [-0.15, -0.1) is 0 Å². The molecular weight excluding hydrogens is 256 g/mol. The Kier molecular flexibility index (Phi) is 5.83. The van der Waals surface area contributed by atoms with Crippen molar-refractivity contribution < 1.29 is 0 Å². The van der Waals surface area contributed by atoms with Crippen LogP contribution in [-0.2, 0) is 6.42 Å². The van der Waals surface area contributed by atoms with Gasteiger partial charge in [0.15, 0.2) is 0 Å². The molecule has 3 unspecified atom stereocenters. The first-order valence-electron chi connectivity index (χ1n) is 8.49. The summed E-state index contributed by atoms with van der Waals surface area (Å²) in [4.78, 5) is 2.63. The Labute approximate surface area is 130 Å². The first-order chi connectivity index (χ1) is 9.99. The molecule has 1 aliphatic heterocycles. The molecule has 1 aliphatic rings. The highest BCUT2D eigenvalue weighted by Crippen LogP contribution is 2.25. The molecule has 0 aromatic heterocycles. The maximum Gasteiger partial charge on any atom is 0.0446 e. The number of hydrogen-bond acceptors (Lipinski definition) is 2. The molecule has 1 aromatic carbocycles. The molecular formula is C19H32N2. The third-order valence-corrected chi connectivity index (χ3v) is 4.70. The van der Waals surface area contributed by atoms with Crippen LogP contribution in [0, 0.1) is 11.8 Å². The van der Waals surface area contributed by atoms with Gasteiger partial charge in [-0.1, -0.05) is 45.0 Å². The van der Waals surface area contributed by atoms with Crippen LogP contribution < -0.4 is 5.32 Å². The van der Waals surface area contributed by atoms with E-state index in [1.807, 2.05) is 0 Å². The van der Waals surface area contributed by atoms with Crippen LogP contribution in [0.4, 0.5) is 0 Å². The van der Waals surface area contributed by atoms with Gasteiger partial charge < -0.3 is 5.32 Å². The molecule has 1 N–H and O–H groups in total. The number of nitrogens with one attached hydrogen (secondary N) is 1. The van der Waals surface area contributed by atoms with Crippen LogP contribution in [0.15, 0.2) is 24.3 Å². The molecule has 0 bridgehead atoms. The third-order valence-electron chi connectivity index (χ3n) is 4.70. The molecule has 0 amide bonds. The fourth-order valence-electron chi connectivity index (χ4n) is 3.60. The second-order valence-corrected chi connectivity index (χ2v) is 7.32. The molecule has 1 aromatic rings. The smallest absolute Gasteiger partial charge is 0.0446 e. The second kappa shape index (κ2) is 7.42. The number of benzene rings is 1. The van der Waals surface area contributed by atoms with Gasteiger partial charge in [-0.3, -0.25) is 4.90 Å². The summed E-state index contributed by atoms with van der Waals surface area (Å²) in [6.07, 6.45) is 2.51. The van der Waals surface area contributed by atoms with Gasteiger partial charge in [0.2, 0.25) is 0 Å². The Balaban J connectivity index is 2.00. The first-order valence-corrected chi connectivity index (χ1v) is 8.49. The zero-order chi connectivity index (χ0) is 15.4. The molecule has 1 heterocycles. The van der Waals surface area contributed by atoms with E-state index in [1.54, 1.807) is 0 Å². The molecule has 1 fully saturated rings. The van der Waals surface area contributed by atoms with Crippen molar-refractivity contribution >= 4 is 0 Å². The Morgan fingerprint density at radius 2 is 1.86 bits per heavy atom. The molecule has 3 atom stereocenters. The summed E-state index contributed by atoms with van der Waals surface area (Å²) >= 11 is 0. The predicted molar refractivity (Wildman–Crippen MR) is 91.6 cm³/mol. The number of likely N-dealkylation sites (N-methyl/N-ethyl adjacent to an activating group) is 1. The van der Waals surface area contributed by atoms with E-state index in [2.05, 4.69) is 69.2 Å². The van der Waals surface area contributed by atoms with Gasteiger partial charge in [-0.25, -0.2) is 0 Å². The van der Waals surface area contributed by atoms with Crippen LogP contribution in [0.5, 0.6) is 0 Å². The highest BCUT2D eigenvalue weighted by molar-refractivity contribution is 5.25. The zero-order valence-corrected chi connectivity index (χ0v) is 14.4. The number of rotatable bonds is 6. The summed E-state index contributed by atoms with van der Waals surface area (Å²) in [6.45, 7) is 11.6. The highest BCUT2D eigenvalue weighted by Gasteiger charge is 2.27. The van der Waals surface area contributed by atoms with Gasteiger partial charge >= 0.3 is 0 Å². The SMILES string of the molecule is CNC(CN1CC(C)CC1C)c1ccc(CC(C)C)cc1. The molecule has 2 rings (SSSR count). The van der Waals surface area contributed by atoms with E-state index in [1.165, 1.54) is 30.5 Å². The van der Waals surface area contributed by atoms with Gasteiger partial charge in [0.05, 0.1) is 0 Å². The maximum absolute atomic E-state index is 3.50. The van der Waals surface area contributed by atoms with Gasteiger partial charge in [0, 0.05) is 25.2 Å². The minimum Gasteiger partial charge on any atom is -0.312 e. The minimum atomic E-state index is 0.436. The van der Waals surface area contributed by atoms with Gasteiger partial charge in [0.1, 0.15) is 0 Å². The van der Waals surface area contributed by atoms with Gasteiger partial charge in [0.25, 0.3) is 0 Å². The van der Waals surface area contributed by atoms with Gasteiger partial charge in [-0.2, -0.15) is 0 Å². The summed E-state index contributed by atoms with van der Waals surface area (Å²) in [5.74, 6) is 1.56. The van der Waals surface area contributed by atoms with Crippen LogP contribution in [0.2, 0.25) is 0 Å². The summed E-state index contributed by atoms with van der Waals surface area (Å²) in [5.41, 5.74) is 2.86. The van der Waals surface area contributed by atoms with E-state index in [4.69, 9.17) is 0 Å². The minimum absolute atomic E-state index is 0.436. The largest absolute Gasteiger partial charge is 0.312 e. The first kappa shape index (κ1) is 16.5. The quantitative estimate of drug-likeness (QED) is 0.854. The van der Waals surface area contributed by atoms with Crippen molar-refractivity contribution in [2.75, 3.05) is 20.1 Å². The summed E-state index contributed by atoms with van der Waals surface area (Å²) < 4.78 is 0. The summed E-state index contributed by atoms with van der Waals surface area (Å²) in [7, 11) is 2.08. The Morgan fingerprint density at radius 3 is 2.33 bits per heavy atom. The average molecular weight is 288 g/mol. The van der Waals surface area contributed by atoms with E-state index in [9.17, 15) is 0 Å². The average Bonchev–Trinajstić information content (AvgIpc) is 2.74. The molecule has 2 nitrogen and oxygen atoms in total. The molecule has 0 saturated carbocycles. The van der Waals surface area contributed by atoms with Crippen LogP contribution in [0.25, 0.3) is 0 Å². The zero-order valence-electron chi connectivity index (χ0n) is 14.4. The molecule has 21 heavy (non-hydrogen) atoms. The molecule has 2 heteroatoms. The molecule has 0 aliphatic carbocycles. The fraction of sp³-hybridized carbons (Fsp3) is 0.684. The Morgan fingerprint density at radius 1 is 1.19 bits per heavy atom. The van der Waals surface area contributed by atoms with Crippen molar-refractivity contribution in [3.63, 3.8) is 0 Å². The Bertz CT molecular complexity index is 424. The third kappa shape index (κ3) is 4.55.